The highest BCUT2D eigenvalue weighted by Crippen LogP contribution is 2.27. The molecule has 0 saturated carbocycles. The molecule has 0 radical (unpaired) electrons. The van der Waals surface area contributed by atoms with Crippen LogP contribution in [-0.2, 0) is 6.54 Å². The van der Waals surface area contributed by atoms with Crippen LogP contribution in [-0.4, -0.2) is 28.8 Å². The van der Waals surface area contributed by atoms with Crippen molar-refractivity contribution in [2.75, 3.05) is 18.0 Å². The summed E-state index contributed by atoms with van der Waals surface area (Å²) in [6, 6.07) is 2.06. The molecule has 16 heavy (non-hydrogen) atoms. The topological polar surface area (TPSA) is 62.4 Å². The highest BCUT2D eigenvalue weighted by Gasteiger charge is 2.32. The van der Waals surface area contributed by atoms with Gasteiger partial charge in [0.25, 0.3) is 0 Å². The SMILES string of the molecule is Cc1cc(CN)cnc1N1CCC(C)(O)C1. The van der Waals surface area contributed by atoms with Gasteiger partial charge in [-0.25, -0.2) is 4.98 Å². The van der Waals surface area contributed by atoms with E-state index in [1.807, 2.05) is 20.0 Å². The van der Waals surface area contributed by atoms with Crippen molar-refractivity contribution in [3.8, 4) is 0 Å². The molecule has 0 bridgehead atoms. The Kier molecular flexibility index (Phi) is 2.86. The van der Waals surface area contributed by atoms with Gasteiger partial charge in [-0.15, -0.1) is 0 Å². The van der Waals surface area contributed by atoms with Gasteiger partial charge in [0, 0.05) is 25.8 Å². The number of rotatable bonds is 2. The first-order valence-corrected chi connectivity index (χ1v) is 5.65. The van der Waals surface area contributed by atoms with E-state index in [1.165, 1.54) is 0 Å². The van der Waals surface area contributed by atoms with Crippen molar-refractivity contribution in [2.45, 2.75) is 32.4 Å². The van der Waals surface area contributed by atoms with Crippen molar-refractivity contribution < 1.29 is 5.11 Å². The summed E-state index contributed by atoms with van der Waals surface area (Å²) < 4.78 is 0. The zero-order chi connectivity index (χ0) is 11.8. The van der Waals surface area contributed by atoms with Gasteiger partial charge in [0.05, 0.1) is 5.60 Å². The molecule has 1 aromatic heterocycles. The molecule has 2 heterocycles. The summed E-state index contributed by atoms with van der Waals surface area (Å²) >= 11 is 0. The molecule has 1 fully saturated rings. The predicted molar refractivity (Wildman–Crippen MR) is 64.3 cm³/mol. The first-order valence-electron chi connectivity index (χ1n) is 5.65. The van der Waals surface area contributed by atoms with E-state index in [9.17, 15) is 5.11 Å². The summed E-state index contributed by atoms with van der Waals surface area (Å²) in [5, 5.41) is 9.93. The molecule has 1 aliphatic rings. The summed E-state index contributed by atoms with van der Waals surface area (Å²) in [5.41, 5.74) is 7.16. The maximum Gasteiger partial charge on any atom is 0.131 e. The summed E-state index contributed by atoms with van der Waals surface area (Å²) in [6.45, 7) is 5.95. The summed E-state index contributed by atoms with van der Waals surface area (Å²) in [6.07, 6.45) is 2.61. The van der Waals surface area contributed by atoms with E-state index in [4.69, 9.17) is 5.73 Å². The number of aromatic nitrogens is 1. The van der Waals surface area contributed by atoms with Gasteiger partial charge in [0.15, 0.2) is 0 Å². The number of pyridine rings is 1. The van der Waals surface area contributed by atoms with Gasteiger partial charge in [0.1, 0.15) is 5.82 Å². The van der Waals surface area contributed by atoms with Crippen LogP contribution in [0.2, 0.25) is 0 Å². The lowest BCUT2D eigenvalue weighted by molar-refractivity contribution is 0.0839. The smallest absolute Gasteiger partial charge is 0.131 e. The lowest BCUT2D eigenvalue weighted by atomic mass is 10.1. The number of hydrogen-bond donors (Lipinski definition) is 2. The Morgan fingerprint density at radius 1 is 1.62 bits per heavy atom. The van der Waals surface area contributed by atoms with Crippen molar-refractivity contribution in [2.24, 2.45) is 5.73 Å². The van der Waals surface area contributed by atoms with E-state index in [2.05, 4.69) is 16.0 Å². The average molecular weight is 221 g/mol. The number of β-amino-alcohol motifs (C(OH)–C–C–N with tert-alkyl or cyclic N) is 1. The third-order valence-corrected chi connectivity index (χ3v) is 3.09. The van der Waals surface area contributed by atoms with Crippen molar-refractivity contribution in [1.82, 2.24) is 4.98 Å². The molecule has 3 N–H and O–H groups in total. The van der Waals surface area contributed by atoms with Crippen LogP contribution in [0.1, 0.15) is 24.5 Å². The fourth-order valence-corrected chi connectivity index (χ4v) is 2.19. The van der Waals surface area contributed by atoms with Gasteiger partial charge in [-0.2, -0.15) is 0 Å². The lowest BCUT2D eigenvalue weighted by Crippen LogP contribution is -2.30. The first-order chi connectivity index (χ1) is 7.52. The van der Waals surface area contributed by atoms with Crippen LogP contribution in [0, 0.1) is 6.92 Å². The maximum absolute atomic E-state index is 9.93. The van der Waals surface area contributed by atoms with Crippen LogP contribution in [0.15, 0.2) is 12.3 Å². The molecule has 0 aliphatic carbocycles. The number of nitrogens with zero attached hydrogens (tertiary/aromatic N) is 2. The van der Waals surface area contributed by atoms with Crippen LogP contribution < -0.4 is 10.6 Å². The summed E-state index contributed by atoms with van der Waals surface area (Å²) in [4.78, 5) is 6.57. The Labute approximate surface area is 96.1 Å². The van der Waals surface area contributed by atoms with Gasteiger partial charge in [-0.3, -0.25) is 0 Å². The molecule has 1 aromatic rings. The van der Waals surface area contributed by atoms with Crippen LogP contribution in [0.5, 0.6) is 0 Å². The molecule has 0 amide bonds. The summed E-state index contributed by atoms with van der Waals surface area (Å²) in [5.74, 6) is 0.968. The second kappa shape index (κ2) is 4.03. The fraction of sp³-hybridized carbons (Fsp3) is 0.583. The fourth-order valence-electron chi connectivity index (χ4n) is 2.19. The average Bonchev–Trinajstić information content (AvgIpc) is 2.58. The van der Waals surface area contributed by atoms with E-state index >= 15 is 0 Å². The van der Waals surface area contributed by atoms with E-state index in [0.717, 1.165) is 29.9 Å². The van der Waals surface area contributed by atoms with Crippen molar-refractivity contribution in [3.05, 3.63) is 23.4 Å². The molecule has 1 saturated heterocycles. The van der Waals surface area contributed by atoms with Gasteiger partial charge in [0.2, 0.25) is 0 Å². The molecule has 0 aromatic carbocycles. The standard InChI is InChI=1S/C12H19N3O/c1-9-5-10(6-13)7-14-11(9)15-4-3-12(2,16)8-15/h5,7,16H,3-4,6,8,13H2,1-2H3. The largest absolute Gasteiger partial charge is 0.388 e. The van der Waals surface area contributed by atoms with Crippen LogP contribution >= 0.6 is 0 Å². The zero-order valence-electron chi connectivity index (χ0n) is 9.90. The van der Waals surface area contributed by atoms with Crippen LogP contribution in [0.25, 0.3) is 0 Å². The molecule has 1 unspecified atom stereocenters. The molecule has 1 aliphatic heterocycles. The van der Waals surface area contributed by atoms with Crippen molar-refractivity contribution >= 4 is 5.82 Å². The molecular weight excluding hydrogens is 202 g/mol. The highest BCUT2D eigenvalue weighted by atomic mass is 16.3. The molecule has 2 rings (SSSR count). The number of hydrogen-bond acceptors (Lipinski definition) is 4. The van der Waals surface area contributed by atoms with Gasteiger partial charge < -0.3 is 15.7 Å². The second-order valence-corrected chi connectivity index (χ2v) is 4.86. The van der Waals surface area contributed by atoms with Crippen molar-refractivity contribution in [1.29, 1.82) is 0 Å². The van der Waals surface area contributed by atoms with Crippen LogP contribution in [0.4, 0.5) is 5.82 Å². The van der Waals surface area contributed by atoms with E-state index in [0.29, 0.717) is 13.1 Å². The van der Waals surface area contributed by atoms with E-state index in [1.54, 1.807) is 0 Å². The van der Waals surface area contributed by atoms with E-state index < -0.39 is 5.60 Å². The van der Waals surface area contributed by atoms with Gasteiger partial charge in [-0.05, 0) is 37.5 Å². The first kappa shape index (κ1) is 11.4. The molecule has 1 atom stereocenters. The minimum absolute atomic E-state index is 0.520. The Bertz CT molecular complexity index is 390. The highest BCUT2D eigenvalue weighted by molar-refractivity contribution is 5.48. The third-order valence-electron chi connectivity index (χ3n) is 3.09. The monoisotopic (exact) mass is 221 g/mol. The van der Waals surface area contributed by atoms with Crippen molar-refractivity contribution in [3.63, 3.8) is 0 Å². The molecule has 88 valence electrons. The Morgan fingerprint density at radius 3 is 2.88 bits per heavy atom. The third kappa shape index (κ3) is 2.18. The van der Waals surface area contributed by atoms with Gasteiger partial charge in [-0.1, -0.05) is 0 Å². The number of nitrogens with two attached hydrogens (primary N) is 1. The molecular formula is C12H19N3O. The normalized spacial score (nSPS) is 25.1. The van der Waals surface area contributed by atoms with E-state index in [-0.39, 0.29) is 0 Å². The summed E-state index contributed by atoms with van der Waals surface area (Å²) in [7, 11) is 0. The number of aliphatic hydroxyl groups is 1. The van der Waals surface area contributed by atoms with Crippen LogP contribution in [0.3, 0.4) is 0 Å². The Hall–Kier alpha value is -1.13. The molecule has 4 heteroatoms. The molecule has 4 nitrogen and oxygen atoms in total. The predicted octanol–water partition coefficient (Wildman–Crippen LogP) is 0.810. The minimum Gasteiger partial charge on any atom is -0.388 e. The van der Waals surface area contributed by atoms with Gasteiger partial charge >= 0.3 is 0 Å². The number of anilines is 1. The Morgan fingerprint density at radius 2 is 2.38 bits per heavy atom. The quantitative estimate of drug-likeness (QED) is 0.776. The Balaban J connectivity index is 2.22. The second-order valence-electron chi connectivity index (χ2n) is 4.86. The lowest BCUT2D eigenvalue weighted by Gasteiger charge is -2.21. The maximum atomic E-state index is 9.93. The number of aryl methyl sites for hydroxylation is 1. The molecule has 0 spiro atoms. The zero-order valence-corrected chi connectivity index (χ0v) is 9.90. The minimum atomic E-state index is -0.583.